The lowest BCUT2D eigenvalue weighted by Crippen LogP contribution is -1.86. The van der Waals surface area contributed by atoms with Crippen LogP contribution in [0.25, 0.3) is 6.08 Å². The number of rotatable bonds is 4. The van der Waals surface area contributed by atoms with Crippen molar-refractivity contribution in [3.63, 3.8) is 0 Å². The highest BCUT2D eigenvalue weighted by molar-refractivity contribution is 8.13. The van der Waals surface area contributed by atoms with Gasteiger partial charge >= 0.3 is 0 Å². The highest BCUT2D eigenvalue weighted by Crippen LogP contribution is 2.06. The zero-order valence-corrected chi connectivity index (χ0v) is 9.20. The van der Waals surface area contributed by atoms with Gasteiger partial charge in [0.1, 0.15) is 0 Å². The Bertz CT molecular complexity index is 349. The molecule has 0 fully saturated rings. The summed E-state index contributed by atoms with van der Waals surface area (Å²) >= 11 is 1.30. The van der Waals surface area contributed by atoms with E-state index in [1.54, 1.807) is 13.0 Å². The summed E-state index contributed by atoms with van der Waals surface area (Å²) in [5, 5.41) is 9.07. The van der Waals surface area contributed by atoms with Crippen LogP contribution in [0.4, 0.5) is 0 Å². The quantitative estimate of drug-likeness (QED) is 0.791. The fraction of sp³-hybridized carbons (Fsp3) is 0.300. The van der Waals surface area contributed by atoms with Gasteiger partial charge in [-0.3, -0.25) is 4.79 Å². The van der Waals surface area contributed by atoms with E-state index in [-0.39, 0.29) is 10.9 Å². The molecule has 1 rings (SSSR count). The summed E-state index contributed by atoms with van der Waals surface area (Å²) < 4.78 is 0. The van der Waals surface area contributed by atoms with Crippen molar-refractivity contribution in [2.45, 2.75) is 13.3 Å². The molecule has 1 aromatic rings. The molecule has 80 valence electrons. The van der Waals surface area contributed by atoms with Gasteiger partial charge in [0.05, 0.1) is 12.4 Å². The summed E-state index contributed by atoms with van der Waals surface area (Å²) in [5.74, 6) is 1.38. The molecule has 0 unspecified atom stereocenters. The molecule has 0 radical (unpaired) electrons. The van der Waals surface area contributed by atoms with Crippen molar-refractivity contribution < 1.29 is 9.90 Å². The topological polar surface area (TPSA) is 63.1 Å². The van der Waals surface area contributed by atoms with Crippen LogP contribution in [0.1, 0.15) is 19.2 Å². The number of aromatic nitrogens is 2. The number of thioether (sulfide) groups is 1. The SMILES string of the molecule is CC(=O)SCCC=Cc1ncc(O)cn1. The normalized spacial score (nSPS) is 10.7. The molecule has 0 saturated carbocycles. The average molecular weight is 224 g/mol. The summed E-state index contributed by atoms with van der Waals surface area (Å²) in [6.07, 6.45) is 7.16. The maximum Gasteiger partial charge on any atom is 0.185 e. The Morgan fingerprint density at radius 3 is 2.80 bits per heavy atom. The van der Waals surface area contributed by atoms with Crippen molar-refractivity contribution in [2.24, 2.45) is 0 Å². The number of carbonyl (C=O) groups excluding carboxylic acids is 1. The fourth-order valence-electron chi connectivity index (χ4n) is 0.877. The summed E-state index contributed by atoms with van der Waals surface area (Å²) in [6.45, 7) is 1.55. The minimum absolute atomic E-state index is 0.0549. The maximum atomic E-state index is 10.6. The van der Waals surface area contributed by atoms with E-state index >= 15 is 0 Å². The van der Waals surface area contributed by atoms with Crippen LogP contribution in [-0.2, 0) is 4.79 Å². The van der Waals surface area contributed by atoms with Crippen molar-refractivity contribution in [3.8, 4) is 5.75 Å². The van der Waals surface area contributed by atoms with Gasteiger partial charge < -0.3 is 5.11 Å². The van der Waals surface area contributed by atoms with E-state index in [1.807, 2.05) is 6.08 Å². The molecular formula is C10H12N2O2S. The van der Waals surface area contributed by atoms with Crippen LogP contribution >= 0.6 is 11.8 Å². The second kappa shape index (κ2) is 6.19. The van der Waals surface area contributed by atoms with Crippen molar-refractivity contribution in [3.05, 3.63) is 24.3 Å². The molecule has 1 aromatic heterocycles. The van der Waals surface area contributed by atoms with E-state index in [0.29, 0.717) is 5.82 Å². The molecular weight excluding hydrogens is 212 g/mol. The largest absolute Gasteiger partial charge is 0.505 e. The summed E-state index contributed by atoms with van der Waals surface area (Å²) in [7, 11) is 0. The van der Waals surface area contributed by atoms with Crippen LogP contribution in [0, 0.1) is 0 Å². The molecule has 0 atom stereocenters. The molecule has 0 spiro atoms. The smallest absolute Gasteiger partial charge is 0.185 e. The second-order valence-electron chi connectivity index (χ2n) is 2.83. The van der Waals surface area contributed by atoms with Crippen LogP contribution in [-0.4, -0.2) is 25.9 Å². The number of nitrogens with zero attached hydrogens (tertiary/aromatic N) is 2. The first-order valence-corrected chi connectivity index (χ1v) is 5.48. The van der Waals surface area contributed by atoms with E-state index in [4.69, 9.17) is 5.11 Å². The van der Waals surface area contributed by atoms with E-state index in [0.717, 1.165) is 12.2 Å². The molecule has 0 saturated heterocycles. The van der Waals surface area contributed by atoms with Crippen LogP contribution in [0.5, 0.6) is 5.75 Å². The standard InChI is InChI=1S/C10H12N2O2S/c1-8(13)15-5-3-2-4-10-11-6-9(14)7-12-10/h2,4,6-7,14H,3,5H2,1H3. The minimum atomic E-state index is 0.0549. The molecule has 0 aliphatic heterocycles. The Morgan fingerprint density at radius 1 is 1.53 bits per heavy atom. The molecule has 0 amide bonds. The van der Waals surface area contributed by atoms with Gasteiger partial charge in [0.25, 0.3) is 0 Å². The Hall–Kier alpha value is -1.36. The van der Waals surface area contributed by atoms with Gasteiger partial charge in [0.2, 0.25) is 0 Å². The van der Waals surface area contributed by atoms with E-state index in [1.165, 1.54) is 24.2 Å². The molecule has 0 bridgehead atoms. The summed E-state index contributed by atoms with van der Waals surface area (Å²) in [4.78, 5) is 18.4. The lowest BCUT2D eigenvalue weighted by atomic mass is 10.4. The fourth-order valence-corrected chi connectivity index (χ4v) is 1.42. The van der Waals surface area contributed by atoms with Crippen molar-refractivity contribution in [1.82, 2.24) is 9.97 Å². The number of hydrogen-bond donors (Lipinski definition) is 1. The number of allylic oxidation sites excluding steroid dienone is 1. The Kier molecular flexibility index (Phi) is 4.83. The van der Waals surface area contributed by atoms with Crippen LogP contribution < -0.4 is 0 Å². The number of carbonyl (C=O) groups is 1. The lowest BCUT2D eigenvalue weighted by Gasteiger charge is -1.93. The maximum absolute atomic E-state index is 10.6. The first kappa shape index (κ1) is 11.7. The van der Waals surface area contributed by atoms with Gasteiger partial charge in [-0.25, -0.2) is 9.97 Å². The van der Waals surface area contributed by atoms with Gasteiger partial charge in [0, 0.05) is 12.7 Å². The van der Waals surface area contributed by atoms with Crippen molar-refractivity contribution >= 4 is 23.0 Å². The van der Waals surface area contributed by atoms with E-state index in [2.05, 4.69) is 9.97 Å². The molecule has 0 aliphatic carbocycles. The van der Waals surface area contributed by atoms with Crippen LogP contribution in [0.3, 0.4) is 0 Å². The van der Waals surface area contributed by atoms with Gasteiger partial charge in [-0.1, -0.05) is 17.8 Å². The van der Waals surface area contributed by atoms with E-state index < -0.39 is 0 Å². The Balaban J connectivity index is 2.32. The molecule has 1 N–H and O–H groups in total. The van der Waals surface area contributed by atoms with Gasteiger partial charge in [-0.2, -0.15) is 0 Å². The third-order valence-corrected chi connectivity index (χ3v) is 2.36. The van der Waals surface area contributed by atoms with E-state index in [9.17, 15) is 4.79 Å². The summed E-state index contributed by atoms with van der Waals surface area (Å²) in [6, 6.07) is 0. The zero-order chi connectivity index (χ0) is 11.1. The summed E-state index contributed by atoms with van der Waals surface area (Å²) in [5.41, 5.74) is 0. The molecule has 0 aliphatic rings. The van der Waals surface area contributed by atoms with Crippen molar-refractivity contribution in [1.29, 1.82) is 0 Å². The third-order valence-electron chi connectivity index (χ3n) is 1.51. The molecule has 15 heavy (non-hydrogen) atoms. The first-order chi connectivity index (χ1) is 7.18. The predicted molar refractivity (Wildman–Crippen MR) is 60.5 cm³/mol. The number of aromatic hydroxyl groups is 1. The minimum Gasteiger partial charge on any atom is -0.505 e. The number of hydrogen-bond acceptors (Lipinski definition) is 5. The first-order valence-electron chi connectivity index (χ1n) is 4.49. The molecule has 1 heterocycles. The average Bonchev–Trinajstić information content (AvgIpc) is 2.20. The highest BCUT2D eigenvalue weighted by Gasteiger charge is 1.92. The molecule has 5 heteroatoms. The monoisotopic (exact) mass is 224 g/mol. The van der Waals surface area contributed by atoms with Gasteiger partial charge in [0.15, 0.2) is 16.7 Å². The Labute approximate surface area is 92.4 Å². The van der Waals surface area contributed by atoms with Gasteiger partial charge in [-0.15, -0.1) is 0 Å². The second-order valence-corrected chi connectivity index (χ2v) is 4.10. The lowest BCUT2D eigenvalue weighted by molar-refractivity contribution is -0.109. The molecule has 4 nitrogen and oxygen atoms in total. The van der Waals surface area contributed by atoms with Crippen LogP contribution in [0.2, 0.25) is 0 Å². The predicted octanol–water partition coefficient (Wildman–Crippen LogP) is 1.87. The van der Waals surface area contributed by atoms with Crippen LogP contribution in [0.15, 0.2) is 18.5 Å². The van der Waals surface area contributed by atoms with Crippen molar-refractivity contribution in [2.75, 3.05) is 5.75 Å². The molecule has 0 aromatic carbocycles. The Morgan fingerprint density at radius 2 is 2.20 bits per heavy atom. The third kappa shape index (κ3) is 5.17. The zero-order valence-electron chi connectivity index (χ0n) is 8.38. The highest BCUT2D eigenvalue weighted by atomic mass is 32.2. The van der Waals surface area contributed by atoms with Gasteiger partial charge in [-0.05, 0) is 12.5 Å².